The second kappa shape index (κ2) is 6.91. The lowest BCUT2D eigenvalue weighted by Crippen LogP contribution is -2.21. The molecule has 1 heterocycles. The Labute approximate surface area is 133 Å². The highest BCUT2D eigenvalue weighted by atomic mass is 16.6. The fraction of sp³-hybridized carbons (Fsp3) is 0.333. The number of nitrogens with zero attached hydrogens (tertiary/aromatic N) is 4. The number of hydrogen-bond acceptors (Lipinski definition) is 5. The summed E-state index contributed by atoms with van der Waals surface area (Å²) >= 11 is 0. The molecule has 1 aromatic heterocycles. The third-order valence-electron chi connectivity index (χ3n) is 3.58. The van der Waals surface area contributed by atoms with E-state index in [2.05, 4.69) is 29.2 Å². The zero-order chi connectivity index (χ0) is 17.0. The summed E-state index contributed by atoms with van der Waals surface area (Å²) in [5.74, 6) is -0.563. The van der Waals surface area contributed by atoms with E-state index in [4.69, 9.17) is 0 Å². The molecule has 8 nitrogen and oxygen atoms in total. The summed E-state index contributed by atoms with van der Waals surface area (Å²) in [6.07, 6.45) is 1.07. The highest BCUT2D eigenvalue weighted by Crippen LogP contribution is 2.21. The summed E-state index contributed by atoms with van der Waals surface area (Å²) in [6.45, 7) is 5.92. The Balaban J connectivity index is 2.18. The number of hydrogen-bond donors (Lipinski definition) is 1. The molecular weight excluding hydrogens is 298 g/mol. The van der Waals surface area contributed by atoms with Gasteiger partial charge in [0.1, 0.15) is 6.20 Å². The number of aryl methyl sites for hydroxylation is 1. The van der Waals surface area contributed by atoms with Crippen molar-refractivity contribution in [1.29, 1.82) is 0 Å². The maximum atomic E-state index is 12.3. The quantitative estimate of drug-likeness (QED) is 0.652. The summed E-state index contributed by atoms with van der Waals surface area (Å²) in [6, 6.07) is 7.35. The average molecular weight is 317 g/mol. The number of amides is 1. The predicted octanol–water partition coefficient (Wildman–Crippen LogP) is 2.43. The van der Waals surface area contributed by atoms with Gasteiger partial charge in [-0.1, -0.05) is 0 Å². The van der Waals surface area contributed by atoms with E-state index in [0.717, 1.165) is 25.0 Å². The van der Waals surface area contributed by atoms with Crippen molar-refractivity contribution in [1.82, 2.24) is 9.78 Å². The Hall–Kier alpha value is -2.90. The zero-order valence-electron chi connectivity index (χ0n) is 13.3. The molecule has 122 valence electrons. The molecule has 23 heavy (non-hydrogen) atoms. The van der Waals surface area contributed by atoms with Crippen LogP contribution in [0, 0.1) is 10.1 Å². The van der Waals surface area contributed by atoms with Crippen molar-refractivity contribution in [2.75, 3.05) is 23.3 Å². The number of benzene rings is 1. The molecule has 0 bridgehead atoms. The van der Waals surface area contributed by atoms with Crippen molar-refractivity contribution in [2.45, 2.75) is 13.8 Å². The smallest absolute Gasteiger partial charge is 0.320 e. The number of rotatable bonds is 6. The van der Waals surface area contributed by atoms with Gasteiger partial charge in [-0.15, -0.1) is 0 Å². The minimum absolute atomic E-state index is 0.0807. The van der Waals surface area contributed by atoms with Gasteiger partial charge < -0.3 is 10.2 Å². The van der Waals surface area contributed by atoms with Crippen molar-refractivity contribution < 1.29 is 9.72 Å². The molecule has 8 heteroatoms. The Bertz CT molecular complexity index is 704. The third-order valence-corrected chi connectivity index (χ3v) is 3.58. The first-order chi connectivity index (χ1) is 11.0. The maximum Gasteiger partial charge on any atom is 0.320 e. The molecule has 2 aromatic rings. The number of aromatic nitrogens is 2. The first kappa shape index (κ1) is 16.5. The first-order valence-corrected chi connectivity index (χ1v) is 7.30. The van der Waals surface area contributed by atoms with Gasteiger partial charge in [0.25, 0.3) is 5.91 Å². The standard InChI is InChI=1S/C15H19N5O3/c1-4-19(5-2)12-8-6-11(7-9-12)17-15(21)14-13(20(22)23)10-16-18(14)3/h6-10H,4-5H2,1-3H3,(H,17,21). The van der Waals surface area contributed by atoms with Gasteiger partial charge >= 0.3 is 5.69 Å². The van der Waals surface area contributed by atoms with E-state index >= 15 is 0 Å². The molecule has 0 fully saturated rings. The molecule has 1 N–H and O–H groups in total. The molecular formula is C15H19N5O3. The molecule has 0 aliphatic carbocycles. The van der Waals surface area contributed by atoms with Crippen LogP contribution in [-0.4, -0.2) is 33.7 Å². The van der Waals surface area contributed by atoms with E-state index in [0.29, 0.717) is 5.69 Å². The summed E-state index contributed by atoms with van der Waals surface area (Å²) in [7, 11) is 1.49. The first-order valence-electron chi connectivity index (χ1n) is 7.30. The Morgan fingerprint density at radius 2 is 1.91 bits per heavy atom. The van der Waals surface area contributed by atoms with Gasteiger partial charge in [0.15, 0.2) is 0 Å². The van der Waals surface area contributed by atoms with Crippen LogP contribution in [0.5, 0.6) is 0 Å². The molecule has 0 saturated heterocycles. The monoisotopic (exact) mass is 317 g/mol. The van der Waals surface area contributed by atoms with E-state index in [1.807, 2.05) is 12.1 Å². The Morgan fingerprint density at radius 3 is 2.43 bits per heavy atom. The maximum absolute atomic E-state index is 12.3. The number of nitro groups is 1. The summed E-state index contributed by atoms with van der Waals surface area (Å²) in [5, 5.41) is 17.4. The highest BCUT2D eigenvalue weighted by Gasteiger charge is 2.25. The summed E-state index contributed by atoms with van der Waals surface area (Å²) in [5.41, 5.74) is 1.23. The van der Waals surface area contributed by atoms with Crippen LogP contribution in [0.3, 0.4) is 0 Å². The van der Waals surface area contributed by atoms with E-state index < -0.39 is 10.8 Å². The fourth-order valence-corrected chi connectivity index (χ4v) is 2.36. The van der Waals surface area contributed by atoms with E-state index in [9.17, 15) is 14.9 Å². The van der Waals surface area contributed by atoms with Crippen LogP contribution in [-0.2, 0) is 7.05 Å². The van der Waals surface area contributed by atoms with Crippen molar-refractivity contribution in [3.05, 3.63) is 46.3 Å². The lowest BCUT2D eigenvalue weighted by Gasteiger charge is -2.21. The SMILES string of the molecule is CCN(CC)c1ccc(NC(=O)c2c([N+](=O)[O-])cnn2C)cc1. The van der Waals surface area contributed by atoms with Crippen LogP contribution < -0.4 is 10.2 Å². The molecule has 1 aromatic carbocycles. The van der Waals surface area contributed by atoms with E-state index in [1.165, 1.54) is 11.7 Å². The number of anilines is 2. The van der Waals surface area contributed by atoms with E-state index in [-0.39, 0.29) is 11.4 Å². The number of carbonyl (C=O) groups excluding carboxylic acids is 1. The van der Waals surface area contributed by atoms with Crippen LogP contribution in [0.25, 0.3) is 0 Å². The van der Waals surface area contributed by atoms with Crippen molar-refractivity contribution in [3.8, 4) is 0 Å². The number of nitrogens with one attached hydrogen (secondary N) is 1. The normalized spacial score (nSPS) is 10.4. The average Bonchev–Trinajstić information content (AvgIpc) is 2.92. The van der Waals surface area contributed by atoms with Crippen LogP contribution in [0.15, 0.2) is 30.5 Å². The number of carbonyl (C=O) groups is 1. The van der Waals surface area contributed by atoms with Gasteiger partial charge in [0, 0.05) is 31.5 Å². The van der Waals surface area contributed by atoms with Gasteiger partial charge in [-0.3, -0.25) is 19.6 Å². The predicted molar refractivity (Wildman–Crippen MR) is 87.8 cm³/mol. The Kier molecular flexibility index (Phi) is 4.95. The lowest BCUT2D eigenvalue weighted by molar-refractivity contribution is -0.385. The van der Waals surface area contributed by atoms with Crippen LogP contribution in [0.1, 0.15) is 24.3 Å². The van der Waals surface area contributed by atoms with Gasteiger partial charge in [-0.05, 0) is 38.1 Å². The largest absolute Gasteiger partial charge is 0.372 e. The molecule has 0 spiro atoms. The highest BCUT2D eigenvalue weighted by molar-refractivity contribution is 6.05. The Morgan fingerprint density at radius 1 is 1.30 bits per heavy atom. The molecule has 0 radical (unpaired) electrons. The molecule has 0 saturated carbocycles. The summed E-state index contributed by atoms with van der Waals surface area (Å²) < 4.78 is 1.19. The van der Waals surface area contributed by atoms with E-state index in [1.54, 1.807) is 12.1 Å². The molecule has 0 atom stereocenters. The van der Waals surface area contributed by atoms with Crippen molar-refractivity contribution >= 4 is 23.0 Å². The molecule has 2 rings (SSSR count). The second-order valence-electron chi connectivity index (χ2n) is 4.93. The second-order valence-corrected chi connectivity index (χ2v) is 4.93. The van der Waals surface area contributed by atoms with Gasteiger partial charge in [-0.2, -0.15) is 5.10 Å². The molecule has 0 aliphatic rings. The lowest BCUT2D eigenvalue weighted by atomic mass is 10.2. The van der Waals surface area contributed by atoms with Gasteiger partial charge in [0.05, 0.1) is 4.92 Å². The molecule has 0 unspecified atom stereocenters. The zero-order valence-corrected chi connectivity index (χ0v) is 13.3. The molecule has 0 aliphatic heterocycles. The van der Waals surface area contributed by atoms with Gasteiger partial charge in [-0.25, -0.2) is 0 Å². The van der Waals surface area contributed by atoms with Crippen LogP contribution >= 0.6 is 0 Å². The van der Waals surface area contributed by atoms with Crippen LogP contribution in [0.2, 0.25) is 0 Å². The van der Waals surface area contributed by atoms with Crippen molar-refractivity contribution in [3.63, 3.8) is 0 Å². The minimum atomic E-state index is -0.620. The summed E-state index contributed by atoms with van der Waals surface area (Å²) in [4.78, 5) is 24.8. The fourth-order valence-electron chi connectivity index (χ4n) is 2.36. The third kappa shape index (κ3) is 3.47. The topological polar surface area (TPSA) is 93.3 Å². The van der Waals surface area contributed by atoms with Crippen LogP contribution in [0.4, 0.5) is 17.1 Å². The minimum Gasteiger partial charge on any atom is -0.372 e. The van der Waals surface area contributed by atoms with Crippen molar-refractivity contribution in [2.24, 2.45) is 7.05 Å². The van der Waals surface area contributed by atoms with Gasteiger partial charge in [0.2, 0.25) is 5.69 Å². The molecule has 1 amide bonds.